The molecule has 2 aromatic heterocycles. The number of likely N-dealkylation sites (tertiary alicyclic amines) is 1. The largest absolute Gasteiger partial charge is 0.350 e. The number of benzene rings is 2. The molecule has 1 amide bonds. The number of piperidine rings is 1. The molecule has 2 atom stereocenters. The van der Waals surface area contributed by atoms with Crippen molar-refractivity contribution < 1.29 is 13.6 Å². The van der Waals surface area contributed by atoms with Gasteiger partial charge in [0, 0.05) is 25.6 Å². The fraction of sp³-hybridized carbons (Fsp3) is 0.292. The molecule has 34 heavy (non-hydrogen) atoms. The van der Waals surface area contributed by atoms with Crippen molar-refractivity contribution in [2.75, 3.05) is 24.5 Å². The van der Waals surface area contributed by atoms with Crippen LogP contribution in [-0.2, 0) is 0 Å². The Morgan fingerprint density at radius 3 is 2.74 bits per heavy atom. The van der Waals surface area contributed by atoms with E-state index in [0.717, 1.165) is 13.0 Å². The number of carbonyl (C=O) groups is 1. The van der Waals surface area contributed by atoms with E-state index < -0.39 is 17.5 Å². The Labute approximate surface area is 193 Å². The first-order chi connectivity index (χ1) is 16.5. The van der Waals surface area contributed by atoms with Crippen LogP contribution in [0.1, 0.15) is 22.3 Å². The maximum atomic E-state index is 15.2. The number of amides is 1. The van der Waals surface area contributed by atoms with Crippen LogP contribution in [0.2, 0.25) is 0 Å². The predicted molar refractivity (Wildman–Crippen MR) is 121 cm³/mol. The van der Waals surface area contributed by atoms with Gasteiger partial charge in [-0.15, -0.1) is 0 Å². The van der Waals surface area contributed by atoms with Crippen molar-refractivity contribution in [3.05, 3.63) is 71.7 Å². The normalized spacial score (nSPS) is 19.7. The average Bonchev–Trinajstić information content (AvgIpc) is 3.36. The highest BCUT2D eigenvalue weighted by molar-refractivity contribution is 5.98. The van der Waals surface area contributed by atoms with Crippen LogP contribution >= 0.6 is 0 Å². The number of aryl methyl sites for hydroxylation is 1. The van der Waals surface area contributed by atoms with Gasteiger partial charge in [-0.2, -0.15) is 15.0 Å². The summed E-state index contributed by atoms with van der Waals surface area (Å²) >= 11 is 0. The lowest BCUT2D eigenvalue weighted by atomic mass is 9.82. The molecule has 0 spiro atoms. The van der Waals surface area contributed by atoms with E-state index in [1.165, 1.54) is 23.3 Å². The van der Waals surface area contributed by atoms with Crippen molar-refractivity contribution in [2.24, 2.45) is 5.92 Å². The number of rotatable bonds is 3. The van der Waals surface area contributed by atoms with E-state index in [-0.39, 0.29) is 17.1 Å². The summed E-state index contributed by atoms with van der Waals surface area (Å²) in [6, 6.07) is 7.97. The molecular weight excluding hydrogens is 440 g/mol. The van der Waals surface area contributed by atoms with E-state index in [4.69, 9.17) is 0 Å². The summed E-state index contributed by atoms with van der Waals surface area (Å²) < 4.78 is 29.4. The number of hydrogen-bond acceptors (Lipinski definition) is 6. The van der Waals surface area contributed by atoms with Gasteiger partial charge >= 0.3 is 0 Å². The standard InChI is InChI=1S/C24H21F2N7O/c1-14-5-6-18(33-28-8-9-29-33)21(22(14)26)24(34)31-10-7-15-12-32(19(15)13-31)20-11-27-17-4-2-3-16(25)23(17)30-20/h2-6,8-9,11,15,19H,7,10,12-13H2,1H3/t15-,19-/m0/s1. The summed E-state index contributed by atoms with van der Waals surface area (Å²) in [7, 11) is 0. The minimum Gasteiger partial charge on any atom is -0.350 e. The molecular formula is C24H21F2N7O. The van der Waals surface area contributed by atoms with Gasteiger partial charge in [-0.25, -0.2) is 13.8 Å². The molecule has 0 unspecified atom stereocenters. The molecule has 172 valence electrons. The van der Waals surface area contributed by atoms with Crippen molar-refractivity contribution in [1.82, 2.24) is 29.9 Å². The van der Waals surface area contributed by atoms with Crippen molar-refractivity contribution in [3.63, 3.8) is 0 Å². The number of hydrogen-bond donors (Lipinski definition) is 0. The molecule has 0 aliphatic carbocycles. The third-order valence-corrected chi connectivity index (χ3v) is 6.81. The van der Waals surface area contributed by atoms with E-state index in [0.29, 0.717) is 41.6 Å². The zero-order chi connectivity index (χ0) is 23.4. The zero-order valence-electron chi connectivity index (χ0n) is 18.4. The van der Waals surface area contributed by atoms with Gasteiger partial charge < -0.3 is 9.80 Å². The molecule has 2 saturated heterocycles. The number of para-hydroxylation sites is 1. The average molecular weight is 461 g/mol. The summed E-state index contributed by atoms with van der Waals surface area (Å²) in [5.74, 6) is -0.412. The molecule has 4 aromatic rings. The number of aromatic nitrogens is 5. The first-order valence-corrected chi connectivity index (χ1v) is 11.1. The number of halogens is 2. The highest BCUT2D eigenvalue weighted by atomic mass is 19.1. The first-order valence-electron chi connectivity index (χ1n) is 11.1. The molecule has 2 aliphatic rings. The molecule has 2 aliphatic heterocycles. The lowest BCUT2D eigenvalue weighted by Gasteiger charge is -2.53. The summed E-state index contributed by atoms with van der Waals surface area (Å²) in [6.45, 7) is 3.34. The van der Waals surface area contributed by atoms with Crippen molar-refractivity contribution in [2.45, 2.75) is 19.4 Å². The fourth-order valence-corrected chi connectivity index (χ4v) is 4.91. The van der Waals surface area contributed by atoms with Crippen LogP contribution in [0.4, 0.5) is 14.6 Å². The third kappa shape index (κ3) is 3.20. The Hall–Kier alpha value is -3.95. The Bertz CT molecular complexity index is 1410. The topological polar surface area (TPSA) is 80.0 Å². The van der Waals surface area contributed by atoms with Crippen LogP contribution in [0.3, 0.4) is 0 Å². The third-order valence-electron chi connectivity index (χ3n) is 6.81. The molecule has 10 heteroatoms. The van der Waals surface area contributed by atoms with Gasteiger partial charge in [0.1, 0.15) is 28.4 Å². The van der Waals surface area contributed by atoms with Crippen LogP contribution in [0.15, 0.2) is 48.9 Å². The second-order valence-corrected chi connectivity index (χ2v) is 8.76. The molecule has 2 fully saturated rings. The minimum atomic E-state index is -0.566. The number of anilines is 1. The van der Waals surface area contributed by atoms with Crippen LogP contribution in [0, 0.1) is 24.5 Å². The number of nitrogens with zero attached hydrogens (tertiary/aromatic N) is 7. The monoisotopic (exact) mass is 461 g/mol. The lowest BCUT2D eigenvalue weighted by molar-refractivity contribution is 0.0586. The summed E-state index contributed by atoms with van der Waals surface area (Å²) in [4.78, 5) is 27.4. The van der Waals surface area contributed by atoms with Crippen molar-refractivity contribution in [1.29, 1.82) is 0 Å². The summed E-state index contributed by atoms with van der Waals surface area (Å²) in [6.07, 6.45) is 5.40. The summed E-state index contributed by atoms with van der Waals surface area (Å²) in [5, 5.41) is 8.16. The lowest BCUT2D eigenvalue weighted by Crippen LogP contribution is -2.65. The van der Waals surface area contributed by atoms with Gasteiger partial charge in [0.15, 0.2) is 5.82 Å². The van der Waals surface area contributed by atoms with Gasteiger partial charge in [0.2, 0.25) is 0 Å². The number of fused-ring (bicyclic) bond motifs is 2. The quantitative estimate of drug-likeness (QED) is 0.466. The molecule has 6 rings (SSSR count). The SMILES string of the molecule is Cc1ccc(-n2nccn2)c(C(=O)N2CC[C@H]3CN(c4cnc5cccc(F)c5n4)[C@H]3C2)c1F. The maximum Gasteiger partial charge on any atom is 0.259 e. The highest BCUT2D eigenvalue weighted by Gasteiger charge is 2.45. The van der Waals surface area contributed by atoms with Gasteiger partial charge in [-0.3, -0.25) is 9.78 Å². The van der Waals surface area contributed by atoms with E-state index in [1.807, 2.05) is 4.90 Å². The fourth-order valence-electron chi connectivity index (χ4n) is 4.91. The van der Waals surface area contributed by atoms with Crippen molar-refractivity contribution in [3.8, 4) is 5.69 Å². The van der Waals surface area contributed by atoms with E-state index in [1.54, 1.807) is 42.3 Å². The van der Waals surface area contributed by atoms with Gasteiger partial charge in [-0.1, -0.05) is 12.1 Å². The second-order valence-electron chi connectivity index (χ2n) is 8.76. The maximum absolute atomic E-state index is 15.2. The van der Waals surface area contributed by atoms with Gasteiger partial charge in [0.25, 0.3) is 5.91 Å². The van der Waals surface area contributed by atoms with Crippen LogP contribution < -0.4 is 4.90 Å². The van der Waals surface area contributed by atoms with Crippen LogP contribution in [0.5, 0.6) is 0 Å². The van der Waals surface area contributed by atoms with Gasteiger partial charge in [0.05, 0.1) is 30.1 Å². The van der Waals surface area contributed by atoms with Crippen LogP contribution in [-0.4, -0.2) is 61.4 Å². The van der Waals surface area contributed by atoms with Gasteiger partial charge in [-0.05, 0) is 37.1 Å². The van der Waals surface area contributed by atoms with Crippen LogP contribution in [0.25, 0.3) is 16.7 Å². The minimum absolute atomic E-state index is 0.00960. The highest BCUT2D eigenvalue weighted by Crippen LogP contribution is 2.37. The first kappa shape index (κ1) is 20.6. The Morgan fingerprint density at radius 1 is 1.09 bits per heavy atom. The Morgan fingerprint density at radius 2 is 1.91 bits per heavy atom. The molecule has 0 radical (unpaired) electrons. The Kier molecular flexibility index (Phi) is 4.75. The molecule has 0 bridgehead atoms. The summed E-state index contributed by atoms with van der Waals surface area (Å²) in [5.41, 5.74) is 1.38. The molecule has 2 aromatic carbocycles. The number of carbonyl (C=O) groups excluding carboxylic acids is 1. The second kappa shape index (κ2) is 7.82. The zero-order valence-corrected chi connectivity index (χ0v) is 18.4. The molecule has 8 nitrogen and oxygen atoms in total. The van der Waals surface area contributed by atoms with E-state index in [9.17, 15) is 9.18 Å². The van der Waals surface area contributed by atoms with E-state index >= 15 is 4.39 Å². The molecule has 0 N–H and O–H groups in total. The molecule has 4 heterocycles. The van der Waals surface area contributed by atoms with E-state index in [2.05, 4.69) is 20.2 Å². The van der Waals surface area contributed by atoms with Crippen molar-refractivity contribution >= 4 is 22.8 Å². The predicted octanol–water partition coefficient (Wildman–Crippen LogP) is 3.15. The molecule has 0 saturated carbocycles. The Balaban J connectivity index is 1.29. The smallest absolute Gasteiger partial charge is 0.259 e.